The predicted octanol–water partition coefficient (Wildman–Crippen LogP) is 0.252. The van der Waals surface area contributed by atoms with Crippen molar-refractivity contribution in [3.05, 3.63) is 0 Å². The van der Waals surface area contributed by atoms with E-state index in [0.29, 0.717) is 6.54 Å². The van der Waals surface area contributed by atoms with Crippen LogP contribution in [-0.2, 0) is 14.2 Å². The zero-order valence-electron chi connectivity index (χ0n) is 8.32. The molecular weight excluding hydrogens is 170 g/mol. The number of ether oxygens (including phenoxy) is 3. The van der Waals surface area contributed by atoms with Gasteiger partial charge in [0.2, 0.25) is 0 Å². The van der Waals surface area contributed by atoms with Crippen molar-refractivity contribution in [1.29, 1.82) is 0 Å². The van der Waals surface area contributed by atoms with Crippen molar-refractivity contribution >= 4 is 0 Å². The molecule has 0 bridgehead atoms. The van der Waals surface area contributed by atoms with Gasteiger partial charge in [-0.3, -0.25) is 0 Å². The molecule has 13 heavy (non-hydrogen) atoms. The maximum Gasteiger partial charge on any atom is 0.164 e. The van der Waals surface area contributed by atoms with Gasteiger partial charge in [0, 0.05) is 6.54 Å². The van der Waals surface area contributed by atoms with Crippen molar-refractivity contribution in [3.8, 4) is 0 Å². The fourth-order valence-electron chi connectivity index (χ4n) is 2.09. The molecule has 4 nitrogen and oxygen atoms in total. The smallest absolute Gasteiger partial charge is 0.164 e. The molecule has 0 amide bonds. The summed E-state index contributed by atoms with van der Waals surface area (Å²) in [5.74, 6) is -0.485. The first-order valence-corrected chi connectivity index (χ1v) is 4.74. The van der Waals surface area contributed by atoms with Crippen molar-refractivity contribution in [2.75, 3.05) is 6.54 Å². The van der Waals surface area contributed by atoms with Gasteiger partial charge in [0.25, 0.3) is 0 Å². The molecule has 2 aliphatic rings. The Labute approximate surface area is 78.3 Å². The molecule has 2 unspecified atom stereocenters. The van der Waals surface area contributed by atoms with Gasteiger partial charge in [0.05, 0.1) is 12.2 Å². The quantitative estimate of drug-likeness (QED) is 0.639. The normalized spacial score (nSPS) is 48.0. The molecule has 0 aromatic rings. The maximum atomic E-state index is 5.72. The molecule has 0 aromatic carbocycles. The molecule has 2 saturated heterocycles. The average Bonchev–Trinajstić information content (AvgIpc) is 2.47. The van der Waals surface area contributed by atoms with E-state index >= 15 is 0 Å². The van der Waals surface area contributed by atoms with Crippen LogP contribution in [0.2, 0.25) is 0 Å². The fourth-order valence-corrected chi connectivity index (χ4v) is 2.09. The second-order valence-corrected chi connectivity index (χ2v) is 4.18. The van der Waals surface area contributed by atoms with Gasteiger partial charge in [-0.2, -0.15) is 0 Å². The van der Waals surface area contributed by atoms with Crippen LogP contribution in [0, 0.1) is 0 Å². The standard InChI is InChI=1S/C9H17NO3/c1-5-7-8(6(4-10)11-5)13-9(2,3)12-7/h5-8H,4,10H2,1-3H3/t5-,6+,7?,8?/m1/s1. The highest BCUT2D eigenvalue weighted by Crippen LogP contribution is 2.37. The molecule has 0 saturated carbocycles. The minimum Gasteiger partial charge on any atom is -0.368 e. The van der Waals surface area contributed by atoms with Crippen molar-refractivity contribution in [2.45, 2.75) is 51.0 Å². The second kappa shape index (κ2) is 2.92. The van der Waals surface area contributed by atoms with Crippen LogP contribution < -0.4 is 5.73 Å². The second-order valence-electron chi connectivity index (χ2n) is 4.18. The first kappa shape index (κ1) is 9.40. The van der Waals surface area contributed by atoms with Gasteiger partial charge in [0.15, 0.2) is 5.79 Å². The number of hydrogen-bond acceptors (Lipinski definition) is 4. The molecule has 2 aliphatic heterocycles. The van der Waals surface area contributed by atoms with Crippen LogP contribution >= 0.6 is 0 Å². The topological polar surface area (TPSA) is 53.7 Å². The molecule has 4 atom stereocenters. The number of fused-ring (bicyclic) bond motifs is 1. The Balaban J connectivity index is 2.12. The zero-order valence-corrected chi connectivity index (χ0v) is 8.32. The Kier molecular flexibility index (Phi) is 2.11. The molecule has 2 fully saturated rings. The molecule has 0 aliphatic carbocycles. The van der Waals surface area contributed by atoms with Gasteiger partial charge in [-0.1, -0.05) is 0 Å². The molecule has 2 heterocycles. The number of hydrogen-bond donors (Lipinski definition) is 1. The van der Waals surface area contributed by atoms with Gasteiger partial charge >= 0.3 is 0 Å². The van der Waals surface area contributed by atoms with Crippen molar-refractivity contribution in [3.63, 3.8) is 0 Å². The Morgan fingerprint density at radius 1 is 1.23 bits per heavy atom. The third-order valence-electron chi connectivity index (χ3n) is 2.61. The minimum atomic E-state index is -0.485. The lowest BCUT2D eigenvalue weighted by molar-refractivity contribution is -0.183. The summed E-state index contributed by atoms with van der Waals surface area (Å²) in [5.41, 5.74) is 5.58. The lowest BCUT2D eigenvalue weighted by Gasteiger charge is -2.22. The SMILES string of the molecule is C[C@H]1O[C@@H](CN)C2OC(C)(C)OC21. The summed E-state index contributed by atoms with van der Waals surface area (Å²) in [7, 11) is 0. The fraction of sp³-hybridized carbons (Fsp3) is 1.00. The van der Waals surface area contributed by atoms with E-state index in [1.54, 1.807) is 0 Å². The molecule has 4 heteroatoms. The van der Waals surface area contributed by atoms with Crippen LogP contribution in [0.1, 0.15) is 20.8 Å². The van der Waals surface area contributed by atoms with Gasteiger partial charge in [-0.05, 0) is 20.8 Å². The highest BCUT2D eigenvalue weighted by Gasteiger charge is 2.52. The van der Waals surface area contributed by atoms with E-state index in [0.717, 1.165) is 0 Å². The maximum absolute atomic E-state index is 5.72. The highest BCUT2D eigenvalue weighted by atomic mass is 16.8. The Bertz CT molecular complexity index is 207. The molecule has 0 spiro atoms. The number of nitrogens with two attached hydrogens (primary N) is 1. The van der Waals surface area contributed by atoms with E-state index in [2.05, 4.69) is 0 Å². The monoisotopic (exact) mass is 187 g/mol. The third kappa shape index (κ3) is 1.48. The summed E-state index contributed by atoms with van der Waals surface area (Å²) < 4.78 is 17.0. The van der Waals surface area contributed by atoms with Crippen LogP contribution in [0.25, 0.3) is 0 Å². The van der Waals surface area contributed by atoms with E-state index in [1.165, 1.54) is 0 Å². The summed E-state index contributed by atoms with van der Waals surface area (Å²) in [6.07, 6.45) is 0.126. The van der Waals surface area contributed by atoms with E-state index in [1.807, 2.05) is 20.8 Å². The van der Waals surface area contributed by atoms with Gasteiger partial charge in [-0.25, -0.2) is 0 Å². The van der Waals surface area contributed by atoms with Crippen molar-refractivity contribution in [2.24, 2.45) is 5.73 Å². The Hall–Kier alpha value is -0.160. The van der Waals surface area contributed by atoms with Crippen LogP contribution in [0.3, 0.4) is 0 Å². The van der Waals surface area contributed by atoms with E-state index in [9.17, 15) is 0 Å². The summed E-state index contributed by atoms with van der Waals surface area (Å²) >= 11 is 0. The van der Waals surface area contributed by atoms with Gasteiger partial charge in [-0.15, -0.1) is 0 Å². The first-order valence-electron chi connectivity index (χ1n) is 4.74. The molecular formula is C9H17NO3. The Morgan fingerprint density at radius 3 is 2.46 bits per heavy atom. The molecule has 76 valence electrons. The predicted molar refractivity (Wildman–Crippen MR) is 47.2 cm³/mol. The summed E-state index contributed by atoms with van der Waals surface area (Å²) in [4.78, 5) is 0. The van der Waals surface area contributed by atoms with Crippen molar-refractivity contribution in [1.82, 2.24) is 0 Å². The highest BCUT2D eigenvalue weighted by molar-refractivity contribution is 4.96. The summed E-state index contributed by atoms with van der Waals surface area (Å²) in [6, 6.07) is 0. The zero-order chi connectivity index (χ0) is 9.64. The Morgan fingerprint density at radius 2 is 1.85 bits per heavy atom. The summed E-state index contributed by atoms with van der Waals surface area (Å²) in [6.45, 7) is 6.33. The van der Waals surface area contributed by atoms with Crippen LogP contribution in [0.15, 0.2) is 0 Å². The van der Waals surface area contributed by atoms with Crippen LogP contribution in [0.5, 0.6) is 0 Å². The van der Waals surface area contributed by atoms with E-state index < -0.39 is 5.79 Å². The molecule has 0 aromatic heterocycles. The molecule has 2 N–H and O–H groups in total. The molecule has 0 radical (unpaired) electrons. The summed E-state index contributed by atoms with van der Waals surface area (Å²) in [5, 5.41) is 0. The largest absolute Gasteiger partial charge is 0.368 e. The van der Waals surface area contributed by atoms with E-state index in [-0.39, 0.29) is 24.4 Å². The van der Waals surface area contributed by atoms with Crippen LogP contribution in [0.4, 0.5) is 0 Å². The average molecular weight is 187 g/mol. The van der Waals surface area contributed by atoms with Crippen LogP contribution in [-0.4, -0.2) is 36.7 Å². The lowest BCUT2D eigenvalue weighted by atomic mass is 10.1. The minimum absolute atomic E-state index is 0.00926. The third-order valence-corrected chi connectivity index (χ3v) is 2.61. The molecule has 2 rings (SSSR count). The lowest BCUT2D eigenvalue weighted by Crippen LogP contribution is -2.34. The number of rotatable bonds is 1. The van der Waals surface area contributed by atoms with E-state index in [4.69, 9.17) is 19.9 Å². The van der Waals surface area contributed by atoms with Crippen molar-refractivity contribution < 1.29 is 14.2 Å². The first-order chi connectivity index (χ1) is 6.03. The van der Waals surface area contributed by atoms with Gasteiger partial charge < -0.3 is 19.9 Å². The van der Waals surface area contributed by atoms with Gasteiger partial charge in [0.1, 0.15) is 12.2 Å².